The Hall–Kier alpha value is -1.97. The number of carbonyl (C=O) groups is 2. The predicted molar refractivity (Wildman–Crippen MR) is 91.9 cm³/mol. The number of carboxylic acid groups (broad SMARTS) is 1. The molecule has 1 atom stereocenters. The standard InChI is InChI=1S/C16H24N2O6S/c1-11(2)18(3)25(22,23)13-7-5-12(6-8-13)15(19)17-14(16(20)21)9-10-24-4/h5-8,11,14H,9-10H2,1-4H3,(H,17,19)(H,20,21). The molecule has 140 valence electrons. The number of carboxylic acids is 1. The molecule has 0 aromatic heterocycles. The molecule has 25 heavy (non-hydrogen) atoms. The Labute approximate surface area is 147 Å². The maximum atomic E-state index is 12.4. The molecule has 0 fully saturated rings. The topological polar surface area (TPSA) is 113 Å². The lowest BCUT2D eigenvalue weighted by molar-refractivity contribution is -0.139. The highest BCUT2D eigenvalue weighted by atomic mass is 32.2. The maximum absolute atomic E-state index is 12.4. The van der Waals surface area contributed by atoms with Gasteiger partial charge in [0.1, 0.15) is 6.04 Å². The number of benzene rings is 1. The number of hydrogen-bond acceptors (Lipinski definition) is 5. The van der Waals surface area contributed by atoms with Crippen molar-refractivity contribution in [3.8, 4) is 0 Å². The second-order valence-electron chi connectivity index (χ2n) is 5.79. The summed E-state index contributed by atoms with van der Waals surface area (Å²) in [5.74, 6) is -1.76. The van der Waals surface area contributed by atoms with Crippen LogP contribution in [0.5, 0.6) is 0 Å². The van der Waals surface area contributed by atoms with Gasteiger partial charge in [0, 0.05) is 38.8 Å². The van der Waals surface area contributed by atoms with Gasteiger partial charge in [-0.3, -0.25) is 4.79 Å². The molecule has 0 aliphatic carbocycles. The normalized spacial score (nSPS) is 13.0. The van der Waals surface area contributed by atoms with Gasteiger partial charge in [0.2, 0.25) is 10.0 Å². The molecule has 1 rings (SSSR count). The van der Waals surface area contributed by atoms with E-state index in [1.165, 1.54) is 42.7 Å². The molecule has 0 aliphatic heterocycles. The number of nitrogens with zero attached hydrogens (tertiary/aromatic N) is 1. The first-order valence-electron chi connectivity index (χ1n) is 7.72. The summed E-state index contributed by atoms with van der Waals surface area (Å²) in [5, 5.41) is 11.5. The molecule has 0 saturated heterocycles. The average molecular weight is 372 g/mol. The molecule has 8 nitrogen and oxygen atoms in total. The summed E-state index contributed by atoms with van der Waals surface area (Å²) < 4.78 is 30.8. The van der Waals surface area contributed by atoms with Gasteiger partial charge < -0.3 is 15.2 Å². The first-order chi connectivity index (χ1) is 11.6. The number of methoxy groups -OCH3 is 1. The molecule has 1 aromatic rings. The molecular weight excluding hydrogens is 348 g/mol. The monoisotopic (exact) mass is 372 g/mol. The zero-order valence-corrected chi connectivity index (χ0v) is 15.5. The van der Waals surface area contributed by atoms with E-state index in [0.29, 0.717) is 0 Å². The van der Waals surface area contributed by atoms with Crippen LogP contribution >= 0.6 is 0 Å². The molecule has 0 aliphatic rings. The van der Waals surface area contributed by atoms with E-state index in [4.69, 9.17) is 9.84 Å². The zero-order valence-electron chi connectivity index (χ0n) is 14.7. The molecular formula is C16H24N2O6S. The molecule has 0 saturated carbocycles. The SMILES string of the molecule is COCCC(NC(=O)c1ccc(S(=O)(=O)N(C)C(C)C)cc1)C(=O)O. The third-order valence-corrected chi connectivity index (χ3v) is 5.78. The van der Waals surface area contributed by atoms with Crippen LogP contribution in [0.25, 0.3) is 0 Å². The van der Waals surface area contributed by atoms with Gasteiger partial charge >= 0.3 is 5.97 Å². The van der Waals surface area contributed by atoms with Crippen molar-refractivity contribution in [2.75, 3.05) is 20.8 Å². The lowest BCUT2D eigenvalue weighted by Gasteiger charge is -2.21. The second kappa shape index (κ2) is 8.93. The smallest absolute Gasteiger partial charge is 0.326 e. The number of sulfonamides is 1. The number of aliphatic carboxylic acids is 1. The van der Waals surface area contributed by atoms with Gasteiger partial charge in [-0.05, 0) is 38.1 Å². The number of ether oxygens (including phenoxy) is 1. The Bertz CT molecular complexity index is 700. The van der Waals surface area contributed by atoms with Crippen molar-refractivity contribution in [2.24, 2.45) is 0 Å². The quantitative estimate of drug-likeness (QED) is 0.667. The van der Waals surface area contributed by atoms with Crippen LogP contribution in [0.4, 0.5) is 0 Å². The van der Waals surface area contributed by atoms with Crippen LogP contribution in [0.1, 0.15) is 30.6 Å². The molecule has 0 bridgehead atoms. The van der Waals surface area contributed by atoms with Gasteiger partial charge in [-0.25, -0.2) is 13.2 Å². The minimum absolute atomic E-state index is 0.0643. The Kier molecular flexibility index (Phi) is 7.53. The van der Waals surface area contributed by atoms with Crippen molar-refractivity contribution in [3.05, 3.63) is 29.8 Å². The predicted octanol–water partition coefficient (Wildman–Crippen LogP) is 0.935. The van der Waals surface area contributed by atoms with Gasteiger partial charge in [0.05, 0.1) is 4.90 Å². The van der Waals surface area contributed by atoms with E-state index in [1.54, 1.807) is 13.8 Å². The van der Waals surface area contributed by atoms with Crippen molar-refractivity contribution in [1.82, 2.24) is 9.62 Å². The fourth-order valence-electron chi connectivity index (χ4n) is 1.96. The van der Waals surface area contributed by atoms with Crippen LogP contribution in [-0.2, 0) is 19.6 Å². The van der Waals surface area contributed by atoms with Crippen molar-refractivity contribution in [2.45, 2.75) is 37.2 Å². The van der Waals surface area contributed by atoms with E-state index in [0.717, 1.165) is 0 Å². The van der Waals surface area contributed by atoms with Gasteiger partial charge in [0.15, 0.2) is 0 Å². The number of hydrogen-bond donors (Lipinski definition) is 2. The van der Waals surface area contributed by atoms with Gasteiger partial charge in [0.25, 0.3) is 5.91 Å². The Morgan fingerprint density at radius 2 is 1.80 bits per heavy atom. The summed E-state index contributed by atoms with van der Waals surface area (Å²) in [6, 6.07) is 4.08. The summed E-state index contributed by atoms with van der Waals surface area (Å²) in [6.07, 6.45) is 0.128. The summed E-state index contributed by atoms with van der Waals surface area (Å²) in [5.41, 5.74) is 0.176. The fraction of sp³-hybridized carbons (Fsp3) is 0.500. The summed E-state index contributed by atoms with van der Waals surface area (Å²) >= 11 is 0. The highest BCUT2D eigenvalue weighted by molar-refractivity contribution is 7.89. The molecule has 0 heterocycles. The summed E-state index contributed by atoms with van der Waals surface area (Å²) in [7, 11) is -0.720. The maximum Gasteiger partial charge on any atom is 0.326 e. The van der Waals surface area contributed by atoms with E-state index in [1.807, 2.05) is 0 Å². The molecule has 2 N–H and O–H groups in total. The van der Waals surface area contributed by atoms with Crippen LogP contribution < -0.4 is 5.32 Å². The van der Waals surface area contributed by atoms with Crippen molar-refractivity contribution in [1.29, 1.82) is 0 Å². The van der Waals surface area contributed by atoms with Crippen molar-refractivity contribution in [3.63, 3.8) is 0 Å². The third kappa shape index (κ3) is 5.52. The minimum atomic E-state index is -3.64. The Morgan fingerprint density at radius 1 is 1.24 bits per heavy atom. The third-order valence-electron chi connectivity index (χ3n) is 3.73. The van der Waals surface area contributed by atoms with Crippen molar-refractivity contribution < 1.29 is 27.9 Å². The summed E-state index contributed by atoms with van der Waals surface area (Å²) in [6.45, 7) is 3.70. The molecule has 9 heteroatoms. The first-order valence-corrected chi connectivity index (χ1v) is 9.16. The Morgan fingerprint density at radius 3 is 2.24 bits per heavy atom. The minimum Gasteiger partial charge on any atom is -0.480 e. The van der Waals surface area contributed by atoms with Crippen LogP contribution in [0.3, 0.4) is 0 Å². The van der Waals surface area contributed by atoms with E-state index in [9.17, 15) is 18.0 Å². The average Bonchev–Trinajstić information content (AvgIpc) is 2.57. The first kappa shape index (κ1) is 21.1. The highest BCUT2D eigenvalue weighted by Crippen LogP contribution is 2.17. The Balaban J connectivity index is 2.91. The molecule has 0 radical (unpaired) electrons. The van der Waals surface area contributed by atoms with Crippen LogP contribution in [-0.4, -0.2) is 62.6 Å². The number of carbonyl (C=O) groups excluding carboxylic acids is 1. The lowest BCUT2D eigenvalue weighted by Crippen LogP contribution is -2.41. The molecule has 0 spiro atoms. The molecule has 1 unspecified atom stereocenters. The van der Waals surface area contributed by atoms with Gasteiger partial charge in [-0.15, -0.1) is 0 Å². The number of rotatable bonds is 9. The van der Waals surface area contributed by atoms with Gasteiger partial charge in [-0.1, -0.05) is 0 Å². The fourth-order valence-corrected chi connectivity index (χ4v) is 3.32. The molecule has 1 aromatic carbocycles. The van der Waals surface area contributed by atoms with Crippen molar-refractivity contribution >= 4 is 21.9 Å². The van der Waals surface area contributed by atoms with E-state index in [-0.39, 0.29) is 29.5 Å². The summed E-state index contributed by atoms with van der Waals surface area (Å²) in [4.78, 5) is 23.4. The highest BCUT2D eigenvalue weighted by Gasteiger charge is 2.24. The lowest BCUT2D eigenvalue weighted by atomic mass is 10.1. The van der Waals surface area contributed by atoms with E-state index in [2.05, 4.69) is 5.32 Å². The largest absolute Gasteiger partial charge is 0.480 e. The van der Waals surface area contributed by atoms with Crippen LogP contribution in [0.15, 0.2) is 29.2 Å². The van der Waals surface area contributed by atoms with Crippen LogP contribution in [0, 0.1) is 0 Å². The zero-order chi connectivity index (χ0) is 19.2. The van der Waals surface area contributed by atoms with Gasteiger partial charge in [-0.2, -0.15) is 4.31 Å². The number of nitrogens with one attached hydrogen (secondary N) is 1. The molecule has 1 amide bonds. The second-order valence-corrected chi connectivity index (χ2v) is 7.78. The van der Waals surface area contributed by atoms with E-state index >= 15 is 0 Å². The van der Waals surface area contributed by atoms with E-state index < -0.39 is 27.9 Å². The van der Waals surface area contributed by atoms with Crippen LogP contribution in [0.2, 0.25) is 0 Å². The number of amides is 1.